The first-order valence-electron chi connectivity index (χ1n) is 11.9. The van der Waals surface area contributed by atoms with E-state index in [1.807, 2.05) is 30.3 Å². The summed E-state index contributed by atoms with van der Waals surface area (Å²) in [5, 5.41) is 8.05. The summed E-state index contributed by atoms with van der Waals surface area (Å²) >= 11 is 6.38. The van der Waals surface area contributed by atoms with Crippen molar-refractivity contribution in [2.24, 2.45) is 5.73 Å². The van der Waals surface area contributed by atoms with Crippen molar-refractivity contribution < 1.29 is 14.3 Å². The Labute approximate surface area is 228 Å². The molecule has 196 valence electrons. The van der Waals surface area contributed by atoms with E-state index in [9.17, 15) is 4.79 Å². The minimum absolute atomic E-state index is 0.0384. The number of benzene rings is 3. The standard InChI is InChI=1S/C28H24ClN7O3/c1-36(2)27(37)18-9-6-10-19(14-18)38-28-34-25-23(32-22(33-25)13-16-7-4-3-5-8-16)26(35-28)39-21-15-17(24(30)31)11-12-20(21)29/h3-12,14-15H,13H2,1-2H3,(H3,30,31)(H,32,33,34,35). The van der Waals surface area contributed by atoms with Gasteiger partial charge >= 0.3 is 6.01 Å². The number of nitrogens with zero attached hydrogens (tertiary/aromatic N) is 4. The summed E-state index contributed by atoms with van der Waals surface area (Å²) in [6.45, 7) is 0. The summed E-state index contributed by atoms with van der Waals surface area (Å²) in [7, 11) is 3.35. The molecule has 10 nitrogen and oxygen atoms in total. The van der Waals surface area contributed by atoms with Crippen molar-refractivity contribution in [3.8, 4) is 23.4 Å². The van der Waals surface area contributed by atoms with Gasteiger partial charge in [0.2, 0.25) is 0 Å². The number of carbonyl (C=O) groups is 1. The third-order valence-electron chi connectivity index (χ3n) is 5.71. The molecule has 0 saturated carbocycles. The van der Waals surface area contributed by atoms with E-state index >= 15 is 0 Å². The van der Waals surface area contributed by atoms with Crippen LogP contribution in [0, 0.1) is 5.41 Å². The SMILES string of the molecule is CN(C)C(=O)c1cccc(Oc2nc(Oc3cc(C(=N)N)ccc3Cl)c3[nH]c(Cc4ccccc4)nc3n2)c1. The Balaban J connectivity index is 1.55. The van der Waals surface area contributed by atoms with Crippen molar-refractivity contribution in [3.05, 3.63) is 100 Å². The van der Waals surface area contributed by atoms with E-state index in [0.717, 1.165) is 5.56 Å². The number of aromatic nitrogens is 4. The van der Waals surface area contributed by atoms with Gasteiger partial charge in [0.25, 0.3) is 11.8 Å². The van der Waals surface area contributed by atoms with Gasteiger partial charge in [-0.25, -0.2) is 4.98 Å². The van der Waals surface area contributed by atoms with Crippen molar-refractivity contribution in [1.82, 2.24) is 24.8 Å². The van der Waals surface area contributed by atoms with E-state index in [1.54, 1.807) is 56.6 Å². The summed E-state index contributed by atoms with van der Waals surface area (Å²) in [5.74, 6) is 1.07. The lowest BCUT2D eigenvalue weighted by Crippen LogP contribution is -2.21. The second-order valence-electron chi connectivity index (χ2n) is 8.85. The fourth-order valence-electron chi connectivity index (χ4n) is 3.80. The fraction of sp³-hybridized carbons (Fsp3) is 0.107. The molecule has 0 aliphatic carbocycles. The number of halogens is 1. The minimum Gasteiger partial charge on any atom is -0.435 e. The van der Waals surface area contributed by atoms with Crippen molar-refractivity contribution in [2.75, 3.05) is 14.1 Å². The number of H-pyrrole nitrogens is 1. The molecule has 5 aromatic rings. The molecule has 2 heterocycles. The maximum atomic E-state index is 12.4. The summed E-state index contributed by atoms with van der Waals surface area (Å²) < 4.78 is 12.0. The lowest BCUT2D eigenvalue weighted by molar-refractivity contribution is 0.0827. The number of rotatable bonds is 8. The van der Waals surface area contributed by atoms with Crippen LogP contribution in [0.5, 0.6) is 23.4 Å². The molecule has 5 rings (SSSR count). The van der Waals surface area contributed by atoms with Crippen LogP contribution in [0.25, 0.3) is 11.2 Å². The molecule has 0 saturated heterocycles. The van der Waals surface area contributed by atoms with E-state index in [-0.39, 0.29) is 29.4 Å². The molecule has 4 N–H and O–H groups in total. The van der Waals surface area contributed by atoms with Gasteiger partial charge in [0.1, 0.15) is 28.7 Å². The molecule has 11 heteroatoms. The molecule has 0 aliphatic rings. The molecule has 0 aliphatic heterocycles. The van der Waals surface area contributed by atoms with Crippen molar-refractivity contribution in [3.63, 3.8) is 0 Å². The molecule has 0 unspecified atom stereocenters. The lowest BCUT2D eigenvalue weighted by atomic mass is 10.1. The molecule has 0 fully saturated rings. The molecular formula is C28H24ClN7O3. The third kappa shape index (κ3) is 5.81. The van der Waals surface area contributed by atoms with Crippen molar-refractivity contribution in [2.45, 2.75) is 6.42 Å². The smallest absolute Gasteiger partial charge is 0.327 e. The summed E-state index contributed by atoms with van der Waals surface area (Å²) in [5.41, 5.74) is 8.36. The van der Waals surface area contributed by atoms with Crippen LogP contribution in [-0.4, -0.2) is 50.7 Å². The van der Waals surface area contributed by atoms with Crippen LogP contribution >= 0.6 is 11.6 Å². The van der Waals surface area contributed by atoms with Crippen LogP contribution in [0.1, 0.15) is 27.3 Å². The number of carbonyl (C=O) groups excluding carboxylic acids is 1. The number of nitrogens with one attached hydrogen (secondary N) is 2. The molecule has 0 bridgehead atoms. The number of nitrogen functional groups attached to an aromatic ring is 1. The highest BCUT2D eigenvalue weighted by Gasteiger charge is 2.19. The average Bonchev–Trinajstić information content (AvgIpc) is 3.32. The molecule has 0 radical (unpaired) electrons. The topological polar surface area (TPSA) is 143 Å². The number of amidine groups is 1. The summed E-state index contributed by atoms with van der Waals surface area (Å²) in [6, 6.07) is 21.3. The Morgan fingerprint density at radius 1 is 0.974 bits per heavy atom. The number of ether oxygens (including phenoxy) is 2. The first-order valence-corrected chi connectivity index (χ1v) is 12.3. The molecule has 3 aromatic carbocycles. The van der Waals surface area contributed by atoms with E-state index < -0.39 is 0 Å². The zero-order valence-corrected chi connectivity index (χ0v) is 21.9. The molecule has 2 aromatic heterocycles. The van der Waals surface area contributed by atoms with Crippen LogP contribution in [0.2, 0.25) is 5.02 Å². The number of nitrogens with two attached hydrogens (primary N) is 1. The number of aromatic amines is 1. The Hall–Kier alpha value is -4.96. The number of fused-ring (bicyclic) bond motifs is 1. The monoisotopic (exact) mass is 541 g/mol. The average molecular weight is 542 g/mol. The van der Waals surface area contributed by atoms with Gasteiger partial charge in [0.05, 0.1) is 5.02 Å². The Morgan fingerprint density at radius 3 is 2.51 bits per heavy atom. The van der Waals surface area contributed by atoms with Gasteiger partial charge in [0.15, 0.2) is 5.65 Å². The van der Waals surface area contributed by atoms with Crippen molar-refractivity contribution >= 4 is 34.5 Å². The highest BCUT2D eigenvalue weighted by atomic mass is 35.5. The number of hydrogen-bond donors (Lipinski definition) is 3. The van der Waals surface area contributed by atoms with Gasteiger partial charge in [-0.1, -0.05) is 48.0 Å². The predicted octanol–water partition coefficient (Wildman–Crippen LogP) is 5.17. The zero-order chi connectivity index (χ0) is 27.5. The number of imidazole rings is 1. The Morgan fingerprint density at radius 2 is 1.77 bits per heavy atom. The van der Waals surface area contributed by atoms with E-state index in [1.165, 1.54) is 4.90 Å². The van der Waals surface area contributed by atoms with Gasteiger partial charge in [-0.15, -0.1) is 0 Å². The highest BCUT2D eigenvalue weighted by molar-refractivity contribution is 6.32. The van der Waals surface area contributed by atoms with Gasteiger partial charge in [-0.3, -0.25) is 10.2 Å². The summed E-state index contributed by atoms with van der Waals surface area (Å²) in [6.07, 6.45) is 0.530. The van der Waals surface area contributed by atoms with Gasteiger partial charge in [-0.2, -0.15) is 9.97 Å². The highest BCUT2D eigenvalue weighted by Crippen LogP contribution is 2.34. The first-order chi connectivity index (χ1) is 18.8. The van der Waals surface area contributed by atoms with E-state index in [2.05, 4.69) is 19.9 Å². The largest absolute Gasteiger partial charge is 0.435 e. The summed E-state index contributed by atoms with van der Waals surface area (Å²) in [4.78, 5) is 30.7. The quantitative estimate of drug-likeness (QED) is 0.182. The van der Waals surface area contributed by atoms with Crippen LogP contribution in [0.4, 0.5) is 0 Å². The first kappa shape index (κ1) is 25.7. The molecular weight excluding hydrogens is 518 g/mol. The van der Waals surface area contributed by atoms with E-state index in [0.29, 0.717) is 45.3 Å². The van der Waals surface area contributed by atoms with Crippen LogP contribution in [0.3, 0.4) is 0 Å². The zero-order valence-electron chi connectivity index (χ0n) is 21.1. The molecule has 0 atom stereocenters. The number of amides is 1. The molecule has 1 amide bonds. The fourth-order valence-corrected chi connectivity index (χ4v) is 3.96. The maximum Gasteiger partial charge on any atom is 0.327 e. The Kier molecular flexibility index (Phi) is 7.11. The Bertz CT molecular complexity index is 1690. The maximum absolute atomic E-state index is 12.4. The molecule has 39 heavy (non-hydrogen) atoms. The second-order valence-corrected chi connectivity index (χ2v) is 9.25. The van der Waals surface area contributed by atoms with Gasteiger partial charge in [-0.05, 0) is 42.0 Å². The second kappa shape index (κ2) is 10.8. The predicted molar refractivity (Wildman–Crippen MR) is 148 cm³/mol. The lowest BCUT2D eigenvalue weighted by Gasteiger charge is -2.12. The van der Waals surface area contributed by atoms with Gasteiger partial charge in [0, 0.05) is 31.6 Å². The van der Waals surface area contributed by atoms with Crippen LogP contribution in [-0.2, 0) is 6.42 Å². The van der Waals surface area contributed by atoms with Crippen LogP contribution < -0.4 is 15.2 Å². The van der Waals surface area contributed by atoms with Crippen molar-refractivity contribution in [1.29, 1.82) is 5.41 Å². The van der Waals surface area contributed by atoms with Crippen LogP contribution in [0.15, 0.2) is 72.8 Å². The molecule has 0 spiro atoms. The third-order valence-corrected chi connectivity index (χ3v) is 6.02. The van der Waals surface area contributed by atoms with E-state index in [4.69, 9.17) is 32.2 Å². The van der Waals surface area contributed by atoms with Gasteiger partial charge < -0.3 is 25.1 Å². The minimum atomic E-state index is -0.168. The normalized spacial score (nSPS) is 10.8. The number of hydrogen-bond acceptors (Lipinski definition) is 7.